The second-order valence-electron chi connectivity index (χ2n) is 4.97. The predicted octanol–water partition coefficient (Wildman–Crippen LogP) is 4.70. The second kappa shape index (κ2) is 8.21. The molecule has 2 aromatic rings. The first kappa shape index (κ1) is 19.1. The predicted molar refractivity (Wildman–Crippen MR) is 96.1 cm³/mol. The number of amides is 1. The molecular formula is C17H11Cl3N2O3. The average molecular weight is 398 g/mol. The van der Waals surface area contributed by atoms with Crippen LogP contribution in [0.3, 0.4) is 0 Å². The fourth-order valence-electron chi connectivity index (χ4n) is 1.86. The number of carbonyl (C=O) groups excluding carboxylic acids is 2. The van der Waals surface area contributed by atoms with Gasteiger partial charge in [-0.15, -0.1) is 0 Å². The van der Waals surface area contributed by atoms with Gasteiger partial charge in [0.05, 0.1) is 21.2 Å². The number of halogens is 3. The molecule has 1 atom stereocenters. The summed E-state index contributed by atoms with van der Waals surface area (Å²) < 4.78 is 5.10. The van der Waals surface area contributed by atoms with Crippen molar-refractivity contribution in [3.63, 3.8) is 0 Å². The van der Waals surface area contributed by atoms with Crippen molar-refractivity contribution in [1.82, 2.24) is 0 Å². The Morgan fingerprint density at radius 1 is 1.12 bits per heavy atom. The topological polar surface area (TPSA) is 79.2 Å². The summed E-state index contributed by atoms with van der Waals surface area (Å²) in [6.07, 6.45) is -1.08. The number of hydrogen-bond donors (Lipinski definition) is 1. The highest BCUT2D eigenvalue weighted by atomic mass is 35.5. The first-order valence-corrected chi connectivity index (χ1v) is 8.11. The molecule has 0 spiro atoms. The molecule has 1 amide bonds. The Hall–Kier alpha value is -2.26. The lowest BCUT2D eigenvalue weighted by Gasteiger charge is -2.14. The number of nitrogens with zero attached hydrogens (tertiary/aromatic N) is 1. The zero-order valence-corrected chi connectivity index (χ0v) is 15.1. The molecule has 0 aromatic heterocycles. The van der Waals surface area contributed by atoms with Crippen molar-refractivity contribution in [3.05, 3.63) is 62.6 Å². The van der Waals surface area contributed by atoms with Crippen LogP contribution in [0.1, 0.15) is 22.8 Å². The zero-order chi connectivity index (χ0) is 18.6. The first-order valence-electron chi connectivity index (χ1n) is 6.98. The molecule has 0 unspecified atom stereocenters. The van der Waals surface area contributed by atoms with Crippen LogP contribution in [0.5, 0.6) is 0 Å². The number of ether oxygens (including phenoxy) is 1. The highest BCUT2D eigenvalue weighted by Crippen LogP contribution is 2.23. The largest absolute Gasteiger partial charge is 0.449 e. The summed E-state index contributed by atoms with van der Waals surface area (Å²) in [6, 6.07) is 10.7. The van der Waals surface area contributed by atoms with E-state index in [0.717, 1.165) is 0 Å². The molecule has 0 fully saturated rings. The van der Waals surface area contributed by atoms with Crippen molar-refractivity contribution < 1.29 is 14.3 Å². The number of hydrogen-bond acceptors (Lipinski definition) is 4. The number of nitriles is 1. The molecule has 5 nitrogen and oxygen atoms in total. The summed E-state index contributed by atoms with van der Waals surface area (Å²) >= 11 is 17.6. The van der Waals surface area contributed by atoms with Crippen LogP contribution in [0.4, 0.5) is 5.69 Å². The molecule has 0 heterocycles. The number of esters is 1. The standard InChI is InChI=1S/C17H11Cl3N2O3/c1-9(25-17(24)13-5-3-11(18)6-15(13)20)16(23)22-12-4-2-10(8-21)14(19)7-12/h2-7,9H,1H3,(H,22,23)/t9-/m0/s1. The van der Waals surface area contributed by atoms with E-state index in [0.29, 0.717) is 10.7 Å². The van der Waals surface area contributed by atoms with Gasteiger partial charge >= 0.3 is 5.97 Å². The van der Waals surface area contributed by atoms with Crippen molar-refractivity contribution in [2.75, 3.05) is 5.32 Å². The summed E-state index contributed by atoms with van der Waals surface area (Å²) in [7, 11) is 0. The molecule has 2 rings (SSSR count). The van der Waals surface area contributed by atoms with Crippen molar-refractivity contribution in [1.29, 1.82) is 5.26 Å². The van der Waals surface area contributed by atoms with E-state index < -0.39 is 18.0 Å². The SMILES string of the molecule is C[C@H](OC(=O)c1ccc(Cl)cc1Cl)C(=O)Nc1ccc(C#N)c(Cl)c1. The molecule has 128 valence electrons. The number of nitrogens with one attached hydrogen (secondary N) is 1. The van der Waals surface area contributed by atoms with Crippen molar-refractivity contribution in [2.45, 2.75) is 13.0 Å². The minimum absolute atomic E-state index is 0.104. The normalized spacial score (nSPS) is 11.3. The molecule has 0 bridgehead atoms. The fourth-order valence-corrected chi connectivity index (χ4v) is 2.57. The third-order valence-electron chi connectivity index (χ3n) is 3.16. The van der Waals surface area contributed by atoms with Crippen LogP contribution in [-0.2, 0) is 9.53 Å². The Labute approximate surface area is 159 Å². The lowest BCUT2D eigenvalue weighted by Crippen LogP contribution is -2.30. The monoisotopic (exact) mass is 396 g/mol. The van der Waals surface area contributed by atoms with E-state index in [1.165, 1.54) is 43.3 Å². The van der Waals surface area contributed by atoms with Gasteiger partial charge in [0.25, 0.3) is 5.91 Å². The number of anilines is 1. The van der Waals surface area contributed by atoms with Crippen molar-refractivity contribution in [2.24, 2.45) is 0 Å². The van der Waals surface area contributed by atoms with Crippen LogP contribution in [0.25, 0.3) is 0 Å². The summed E-state index contributed by atoms with van der Waals surface area (Å²) in [5, 5.41) is 12.1. The van der Waals surface area contributed by atoms with E-state index >= 15 is 0 Å². The van der Waals surface area contributed by atoms with Gasteiger partial charge < -0.3 is 10.1 Å². The molecule has 0 saturated carbocycles. The quantitative estimate of drug-likeness (QED) is 0.758. The van der Waals surface area contributed by atoms with Crippen LogP contribution in [0.15, 0.2) is 36.4 Å². The number of benzene rings is 2. The minimum Gasteiger partial charge on any atom is -0.449 e. The smallest absolute Gasteiger partial charge is 0.340 e. The van der Waals surface area contributed by atoms with E-state index in [2.05, 4.69) is 5.32 Å². The van der Waals surface area contributed by atoms with Gasteiger partial charge in [-0.2, -0.15) is 5.26 Å². The summed E-state index contributed by atoms with van der Waals surface area (Å²) in [4.78, 5) is 24.2. The van der Waals surface area contributed by atoms with Gasteiger partial charge in [-0.3, -0.25) is 4.79 Å². The Kier molecular flexibility index (Phi) is 6.27. The molecule has 0 aliphatic rings. The molecular weight excluding hydrogens is 387 g/mol. The van der Waals surface area contributed by atoms with Crippen molar-refractivity contribution in [3.8, 4) is 6.07 Å². The van der Waals surface area contributed by atoms with E-state index in [1.54, 1.807) is 0 Å². The highest BCUT2D eigenvalue weighted by molar-refractivity contribution is 6.36. The van der Waals surface area contributed by atoms with Gasteiger partial charge in [0.15, 0.2) is 6.10 Å². The summed E-state index contributed by atoms with van der Waals surface area (Å²) in [5.74, 6) is -1.30. The number of carbonyl (C=O) groups is 2. The highest BCUT2D eigenvalue weighted by Gasteiger charge is 2.21. The maximum atomic E-state index is 12.1. The van der Waals surface area contributed by atoms with Gasteiger partial charge in [0.1, 0.15) is 6.07 Å². The number of rotatable bonds is 4. The lowest BCUT2D eigenvalue weighted by molar-refractivity contribution is -0.123. The van der Waals surface area contributed by atoms with E-state index in [1.807, 2.05) is 6.07 Å². The lowest BCUT2D eigenvalue weighted by atomic mass is 10.2. The van der Waals surface area contributed by atoms with Gasteiger partial charge in [-0.25, -0.2) is 4.79 Å². The summed E-state index contributed by atoms with van der Waals surface area (Å²) in [6.45, 7) is 1.42. The molecule has 0 aliphatic carbocycles. The zero-order valence-electron chi connectivity index (χ0n) is 12.8. The minimum atomic E-state index is -1.08. The van der Waals surface area contributed by atoms with E-state index in [4.69, 9.17) is 44.8 Å². The van der Waals surface area contributed by atoms with Crippen molar-refractivity contribution >= 4 is 52.4 Å². The first-order chi connectivity index (χ1) is 11.8. The molecule has 0 saturated heterocycles. The summed E-state index contributed by atoms with van der Waals surface area (Å²) in [5.41, 5.74) is 0.769. The van der Waals surface area contributed by atoms with Crippen LogP contribution in [-0.4, -0.2) is 18.0 Å². The van der Waals surface area contributed by atoms with E-state index in [9.17, 15) is 9.59 Å². The van der Waals surface area contributed by atoms with Crippen LogP contribution < -0.4 is 5.32 Å². The maximum absolute atomic E-state index is 12.1. The molecule has 8 heteroatoms. The Balaban J connectivity index is 2.04. The van der Waals surface area contributed by atoms with Crippen LogP contribution in [0, 0.1) is 11.3 Å². The third kappa shape index (κ3) is 4.86. The van der Waals surface area contributed by atoms with Crippen LogP contribution in [0.2, 0.25) is 15.1 Å². The average Bonchev–Trinajstić information content (AvgIpc) is 2.54. The van der Waals surface area contributed by atoms with Gasteiger partial charge in [-0.1, -0.05) is 34.8 Å². The van der Waals surface area contributed by atoms with Gasteiger partial charge in [0.2, 0.25) is 0 Å². The Bertz CT molecular complexity index is 878. The van der Waals surface area contributed by atoms with Crippen LogP contribution >= 0.6 is 34.8 Å². The fraction of sp³-hybridized carbons (Fsp3) is 0.118. The second-order valence-corrected chi connectivity index (χ2v) is 6.22. The third-order valence-corrected chi connectivity index (χ3v) is 4.02. The Morgan fingerprint density at radius 3 is 2.44 bits per heavy atom. The Morgan fingerprint density at radius 2 is 1.84 bits per heavy atom. The maximum Gasteiger partial charge on any atom is 0.340 e. The molecule has 2 aromatic carbocycles. The van der Waals surface area contributed by atoms with E-state index in [-0.39, 0.29) is 21.2 Å². The molecule has 0 aliphatic heterocycles. The molecule has 1 N–H and O–H groups in total. The molecule has 25 heavy (non-hydrogen) atoms. The molecule has 0 radical (unpaired) electrons. The van der Waals surface area contributed by atoms with Gasteiger partial charge in [-0.05, 0) is 43.3 Å². The van der Waals surface area contributed by atoms with Gasteiger partial charge in [0, 0.05) is 10.7 Å².